The number of hydrogen-bond donors (Lipinski definition) is 3. The third-order valence-corrected chi connectivity index (χ3v) is 4.15. The van der Waals surface area contributed by atoms with Crippen LogP contribution in [0.1, 0.15) is 36.7 Å². The van der Waals surface area contributed by atoms with Gasteiger partial charge in [0.25, 0.3) is 5.91 Å². The number of hydrogen-bond acceptors (Lipinski definition) is 5. The van der Waals surface area contributed by atoms with E-state index in [4.69, 9.17) is 4.74 Å². The molecule has 0 bridgehead atoms. The number of amides is 1. The highest BCUT2D eigenvalue weighted by Crippen LogP contribution is 2.28. The van der Waals surface area contributed by atoms with Gasteiger partial charge in [-0.15, -0.1) is 5.10 Å². The van der Waals surface area contributed by atoms with E-state index >= 15 is 0 Å². The van der Waals surface area contributed by atoms with Gasteiger partial charge in [-0.05, 0) is 51.1 Å². The molecule has 27 heavy (non-hydrogen) atoms. The van der Waals surface area contributed by atoms with Crippen molar-refractivity contribution in [2.24, 2.45) is 5.10 Å². The predicted molar refractivity (Wildman–Crippen MR) is 104 cm³/mol. The van der Waals surface area contributed by atoms with Crippen LogP contribution in [0.5, 0.6) is 0 Å². The number of fused-ring (bicyclic) bond motifs is 1. The molecule has 0 spiro atoms. The quantitative estimate of drug-likeness (QED) is 0.667. The Morgan fingerprint density at radius 1 is 1.15 bits per heavy atom. The molecule has 0 saturated carbocycles. The second-order valence-electron chi connectivity index (χ2n) is 7.48. The second-order valence-corrected chi connectivity index (χ2v) is 7.48. The number of carbonyl (C=O) groups excluding carboxylic acids is 1. The average molecular weight is 363 g/mol. The molecule has 0 saturated heterocycles. The van der Waals surface area contributed by atoms with Gasteiger partial charge in [0.15, 0.2) is 6.73 Å². The van der Waals surface area contributed by atoms with Crippen molar-refractivity contribution in [2.75, 3.05) is 6.73 Å². The zero-order chi connectivity index (χ0) is 19.0. The summed E-state index contributed by atoms with van der Waals surface area (Å²) in [5, 5.41) is 15.6. The maximum Gasteiger partial charge on any atom is 0.251 e. The smallest absolute Gasteiger partial charge is 0.251 e. The van der Waals surface area contributed by atoms with Crippen molar-refractivity contribution in [2.45, 2.75) is 26.3 Å². The standard InChI is InChI=1S/C20H21N5O2/c1-20(2,3)22-18(26)13-6-4-5-12(9-13)17-15-10-14(19-25-21-11-27-19)7-8-16(15)23-24-17/h4-10,21H,11H2,1-3H3,(H,22,26)(H,23,24). The van der Waals surface area contributed by atoms with Crippen LogP contribution in [0, 0.1) is 0 Å². The molecule has 138 valence electrons. The van der Waals surface area contributed by atoms with Crippen LogP contribution in [0.25, 0.3) is 22.2 Å². The van der Waals surface area contributed by atoms with E-state index in [0.29, 0.717) is 18.2 Å². The Labute approximate surface area is 156 Å². The predicted octanol–water partition coefficient (Wildman–Crippen LogP) is 3.00. The molecule has 2 heterocycles. The van der Waals surface area contributed by atoms with Crippen LogP contribution in [0.3, 0.4) is 0 Å². The molecule has 3 aromatic rings. The van der Waals surface area contributed by atoms with Crippen LogP contribution >= 0.6 is 0 Å². The van der Waals surface area contributed by atoms with E-state index in [9.17, 15) is 4.79 Å². The first kappa shape index (κ1) is 17.1. The number of hydrazone groups is 1. The highest BCUT2D eigenvalue weighted by Gasteiger charge is 2.18. The van der Waals surface area contributed by atoms with Gasteiger partial charge in [-0.2, -0.15) is 5.10 Å². The van der Waals surface area contributed by atoms with E-state index in [1.54, 1.807) is 6.07 Å². The van der Waals surface area contributed by atoms with Gasteiger partial charge >= 0.3 is 0 Å². The Balaban J connectivity index is 1.73. The van der Waals surface area contributed by atoms with Gasteiger partial charge in [0.1, 0.15) is 0 Å². The highest BCUT2D eigenvalue weighted by atomic mass is 16.5. The van der Waals surface area contributed by atoms with Gasteiger partial charge in [0.05, 0.1) is 11.2 Å². The lowest BCUT2D eigenvalue weighted by Gasteiger charge is -2.20. The van der Waals surface area contributed by atoms with Gasteiger partial charge in [0, 0.05) is 27.6 Å². The Bertz CT molecular complexity index is 1050. The van der Waals surface area contributed by atoms with Crippen LogP contribution in [0.2, 0.25) is 0 Å². The van der Waals surface area contributed by atoms with E-state index in [1.165, 1.54) is 0 Å². The molecule has 0 aliphatic carbocycles. The summed E-state index contributed by atoms with van der Waals surface area (Å²) in [6.45, 7) is 6.25. The number of carbonyl (C=O) groups is 1. The Kier molecular flexibility index (Phi) is 4.07. The Hall–Kier alpha value is -3.35. The minimum atomic E-state index is -0.295. The van der Waals surface area contributed by atoms with Crippen molar-refractivity contribution in [3.05, 3.63) is 53.6 Å². The summed E-state index contributed by atoms with van der Waals surface area (Å²) >= 11 is 0. The number of ether oxygens (including phenoxy) is 1. The number of aromatic amines is 1. The van der Waals surface area contributed by atoms with Crippen molar-refractivity contribution in [1.82, 2.24) is 20.9 Å². The molecule has 0 unspecified atom stereocenters. The fourth-order valence-electron chi connectivity index (χ4n) is 2.97. The van der Waals surface area contributed by atoms with Crippen molar-refractivity contribution < 1.29 is 9.53 Å². The zero-order valence-corrected chi connectivity index (χ0v) is 15.5. The van der Waals surface area contributed by atoms with Crippen molar-refractivity contribution in [3.63, 3.8) is 0 Å². The minimum Gasteiger partial charge on any atom is -0.454 e. The lowest BCUT2D eigenvalue weighted by atomic mass is 10.0. The van der Waals surface area contributed by atoms with Crippen LogP contribution in [0.15, 0.2) is 47.6 Å². The van der Waals surface area contributed by atoms with E-state index in [-0.39, 0.29) is 11.4 Å². The largest absolute Gasteiger partial charge is 0.454 e. The lowest BCUT2D eigenvalue weighted by Crippen LogP contribution is -2.40. The SMILES string of the molecule is CC(C)(C)NC(=O)c1cccc(-c2n[nH]c3ccc(C4=NNCO4)cc23)c1. The highest BCUT2D eigenvalue weighted by molar-refractivity contribution is 6.02. The molecule has 0 fully saturated rings. The summed E-state index contributed by atoms with van der Waals surface area (Å²) in [6.07, 6.45) is 0. The topological polar surface area (TPSA) is 91.4 Å². The molecule has 7 nitrogen and oxygen atoms in total. The third kappa shape index (κ3) is 3.48. The number of nitrogens with one attached hydrogen (secondary N) is 3. The van der Waals surface area contributed by atoms with E-state index in [0.717, 1.165) is 27.7 Å². The maximum atomic E-state index is 12.5. The number of rotatable bonds is 3. The zero-order valence-electron chi connectivity index (χ0n) is 15.5. The van der Waals surface area contributed by atoms with Gasteiger partial charge in [0.2, 0.25) is 5.90 Å². The molecule has 1 aliphatic rings. The summed E-state index contributed by atoms with van der Waals surface area (Å²) < 4.78 is 5.46. The molecule has 1 aromatic heterocycles. The van der Waals surface area contributed by atoms with Crippen LogP contribution in [-0.2, 0) is 4.74 Å². The molecule has 2 aromatic carbocycles. The number of benzene rings is 2. The summed E-state index contributed by atoms with van der Waals surface area (Å²) in [7, 11) is 0. The van der Waals surface area contributed by atoms with E-state index in [2.05, 4.69) is 26.0 Å². The molecule has 7 heteroatoms. The molecule has 0 radical (unpaired) electrons. The van der Waals surface area contributed by atoms with Gasteiger partial charge < -0.3 is 10.1 Å². The van der Waals surface area contributed by atoms with Crippen LogP contribution < -0.4 is 10.7 Å². The maximum absolute atomic E-state index is 12.5. The molecule has 1 aliphatic heterocycles. The first-order valence-electron chi connectivity index (χ1n) is 8.75. The average Bonchev–Trinajstić information content (AvgIpc) is 3.29. The number of aromatic nitrogens is 2. The van der Waals surface area contributed by atoms with Gasteiger partial charge in [-0.25, -0.2) is 0 Å². The van der Waals surface area contributed by atoms with Crippen molar-refractivity contribution >= 4 is 22.7 Å². The Morgan fingerprint density at radius 2 is 2.00 bits per heavy atom. The Morgan fingerprint density at radius 3 is 2.74 bits per heavy atom. The molecular formula is C20H21N5O2. The third-order valence-electron chi connectivity index (χ3n) is 4.15. The van der Waals surface area contributed by atoms with E-state index < -0.39 is 0 Å². The fourth-order valence-corrected chi connectivity index (χ4v) is 2.97. The van der Waals surface area contributed by atoms with Crippen LogP contribution in [-0.4, -0.2) is 34.3 Å². The first-order chi connectivity index (χ1) is 12.9. The van der Waals surface area contributed by atoms with E-state index in [1.807, 2.05) is 57.2 Å². The summed E-state index contributed by atoms with van der Waals surface area (Å²) in [6, 6.07) is 13.3. The molecular weight excluding hydrogens is 342 g/mol. The summed E-state index contributed by atoms with van der Waals surface area (Å²) in [5.41, 5.74) is 6.53. The summed E-state index contributed by atoms with van der Waals surface area (Å²) in [4.78, 5) is 12.5. The summed E-state index contributed by atoms with van der Waals surface area (Å²) in [5.74, 6) is 0.451. The number of H-pyrrole nitrogens is 1. The minimum absolute atomic E-state index is 0.107. The molecule has 1 amide bonds. The lowest BCUT2D eigenvalue weighted by molar-refractivity contribution is 0.0919. The van der Waals surface area contributed by atoms with Crippen molar-refractivity contribution in [3.8, 4) is 11.3 Å². The molecule has 4 rings (SSSR count). The first-order valence-corrected chi connectivity index (χ1v) is 8.75. The van der Waals surface area contributed by atoms with Gasteiger partial charge in [-0.3, -0.25) is 15.3 Å². The molecule has 0 atom stereocenters. The second kappa shape index (κ2) is 6.42. The van der Waals surface area contributed by atoms with Crippen LogP contribution in [0.4, 0.5) is 0 Å². The monoisotopic (exact) mass is 363 g/mol. The number of nitrogens with zero attached hydrogens (tertiary/aromatic N) is 2. The fraction of sp³-hybridized carbons (Fsp3) is 0.250. The normalized spacial score (nSPS) is 13.8. The van der Waals surface area contributed by atoms with Gasteiger partial charge in [-0.1, -0.05) is 12.1 Å². The van der Waals surface area contributed by atoms with Crippen molar-refractivity contribution in [1.29, 1.82) is 0 Å². The molecule has 3 N–H and O–H groups in total.